The van der Waals surface area contributed by atoms with Gasteiger partial charge in [0.1, 0.15) is 16.2 Å². The average molecular weight is 456 g/mol. The molecule has 2 aromatic heterocycles. The maximum atomic E-state index is 12.6. The summed E-state index contributed by atoms with van der Waals surface area (Å²) in [6.45, 7) is 0. The maximum Gasteiger partial charge on any atom is 0.229 e. The lowest BCUT2D eigenvalue weighted by molar-refractivity contribution is 0.102. The van der Waals surface area contributed by atoms with Gasteiger partial charge in [0, 0.05) is 21.5 Å². The number of carbonyl (C=O) groups is 1. The number of nitrogens with zero attached hydrogens (tertiary/aromatic N) is 2. The van der Waals surface area contributed by atoms with Crippen LogP contribution >= 0.6 is 23.1 Å². The van der Waals surface area contributed by atoms with E-state index in [1.807, 2.05) is 18.2 Å². The van der Waals surface area contributed by atoms with Crippen LogP contribution in [-0.2, 0) is 10.0 Å². The molecule has 2 heterocycles. The number of Topliss-reactive ketones (excluding diaryl/α,β-unsaturated/α-hetero) is 1. The number of anilines is 1. The molecular formula is C21H17N3O3S3. The van der Waals surface area contributed by atoms with E-state index in [1.165, 1.54) is 18.1 Å². The average Bonchev–Trinajstić information content (AvgIpc) is 3.17. The van der Waals surface area contributed by atoms with E-state index in [2.05, 4.69) is 32.9 Å². The molecule has 4 aromatic rings. The molecule has 9 heteroatoms. The number of sulfonamides is 1. The normalized spacial score (nSPS) is 11.5. The summed E-state index contributed by atoms with van der Waals surface area (Å²) in [5, 5.41) is 1.70. The summed E-state index contributed by atoms with van der Waals surface area (Å²) in [5.74, 6) is 0.165. The number of carbonyl (C=O) groups excluding carboxylic acids is 1. The number of hydrogen-bond donors (Lipinski definition) is 1. The predicted octanol–water partition coefficient (Wildman–Crippen LogP) is 4.70. The van der Waals surface area contributed by atoms with E-state index in [0.29, 0.717) is 11.3 Å². The van der Waals surface area contributed by atoms with Crippen LogP contribution in [0, 0.1) is 0 Å². The van der Waals surface area contributed by atoms with Crippen molar-refractivity contribution in [2.45, 2.75) is 5.03 Å². The fourth-order valence-corrected chi connectivity index (χ4v) is 5.35. The SMILES string of the molecule is CS(=O)(=O)Nc1ccc(C(=O)CSc2ncnc3sc(-c4ccccc4)cc23)cc1. The molecule has 0 aliphatic rings. The van der Waals surface area contributed by atoms with Gasteiger partial charge in [-0.2, -0.15) is 0 Å². The summed E-state index contributed by atoms with van der Waals surface area (Å²) in [5.41, 5.74) is 2.06. The summed E-state index contributed by atoms with van der Waals surface area (Å²) < 4.78 is 25.0. The number of fused-ring (bicyclic) bond motifs is 1. The molecule has 2 aromatic carbocycles. The smallest absolute Gasteiger partial charge is 0.229 e. The quantitative estimate of drug-likeness (QED) is 0.247. The van der Waals surface area contributed by atoms with E-state index in [-0.39, 0.29) is 11.5 Å². The van der Waals surface area contributed by atoms with E-state index in [0.717, 1.165) is 31.9 Å². The van der Waals surface area contributed by atoms with Crippen LogP contribution in [0.25, 0.3) is 20.7 Å². The molecule has 0 atom stereocenters. The third kappa shape index (κ3) is 4.86. The van der Waals surface area contributed by atoms with Crippen LogP contribution in [0.5, 0.6) is 0 Å². The molecule has 30 heavy (non-hydrogen) atoms. The van der Waals surface area contributed by atoms with Gasteiger partial charge in [-0.05, 0) is 35.9 Å². The minimum atomic E-state index is -3.35. The molecule has 0 unspecified atom stereocenters. The Balaban J connectivity index is 1.49. The van der Waals surface area contributed by atoms with Crippen molar-refractivity contribution in [2.24, 2.45) is 0 Å². The van der Waals surface area contributed by atoms with Crippen molar-refractivity contribution in [3.63, 3.8) is 0 Å². The molecule has 4 rings (SSSR count). The number of aromatic nitrogens is 2. The molecule has 0 saturated heterocycles. The monoisotopic (exact) mass is 455 g/mol. The molecule has 0 spiro atoms. The van der Waals surface area contributed by atoms with Gasteiger partial charge in [-0.25, -0.2) is 18.4 Å². The molecule has 6 nitrogen and oxygen atoms in total. The van der Waals surface area contributed by atoms with E-state index in [9.17, 15) is 13.2 Å². The molecule has 0 amide bonds. The van der Waals surface area contributed by atoms with Gasteiger partial charge in [-0.1, -0.05) is 42.1 Å². The van der Waals surface area contributed by atoms with Gasteiger partial charge in [0.25, 0.3) is 0 Å². The van der Waals surface area contributed by atoms with Crippen molar-refractivity contribution >= 4 is 54.8 Å². The second-order valence-corrected chi connectivity index (χ2v) is 10.3. The molecule has 0 bridgehead atoms. The molecule has 0 aliphatic heterocycles. The Morgan fingerprint density at radius 3 is 2.50 bits per heavy atom. The first-order valence-corrected chi connectivity index (χ1v) is 12.6. The van der Waals surface area contributed by atoms with E-state index in [4.69, 9.17) is 0 Å². The number of hydrogen-bond acceptors (Lipinski definition) is 7. The van der Waals surface area contributed by atoms with Crippen LogP contribution in [-0.4, -0.2) is 36.2 Å². The largest absolute Gasteiger partial charge is 0.293 e. The van der Waals surface area contributed by atoms with Crippen molar-refractivity contribution < 1.29 is 13.2 Å². The Morgan fingerprint density at radius 2 is 1.80 bits per heavy atom. The van der Waals surface area contributed by atoms with Gasteiger partial charge < -0.3 is 0 Å². The second kappa shape index (κ2) is 8.55. The van der Waals surface area contributed by atoms with Crippen molar-refractivity contribution in [3.8, 4) is 10.4 Å². The van der Waals surface area contributed by atoms with Crippen LogP contribution < -0.4 is 4.72 Å². The first-order chi connectivity index (χ1) is 14.4. The third-order valence-electron chi connectivity index (χ3n) is 4.20. The van der Waals surface area contributed by atoms with E-state index < -0.39 is 10.0 Å². The Bertz CT molecular complexity index is 1300. The summed E-state index contributed by atoms with van der Waals surface area (Å²) in [6.07, 6.45) is 2.60. The maximum absolute atomic E-state index is 12.6. The summed E-state index contributed by atoms with van der Waals surface area (Å²) in [7, 11) is -3.35. The van der Waals surface area contributed by atoms with Crippen LogP contribution in [0.1, 0.15) is 10.4 Å². The van der Waals surface area contributed by atoms with Crippen LogP contribution in [0.4, 0.5) is 5.69 Å². The zero-order chi connectivity index (χ0) is 21.1. The highest BCUT2D eigenvalue weighted by Crippen LogP contribution is 2.36. The van der Waals surface area contributed by atoms with Crippen molar-refractivity contribution in [1.82, 2.24) is 9.97 Å². The number of ketones is 1. The lowest BCUT2D eigenvalue weighted by atomic mass is 10.1. The Labute approximate surface area is 182 Å². The highest BCUT2D eigenvalue weighted by atomic mass is 32.2. The number of benzene rings is 2. The van der Waals surface area contributed by atoms with Gasteiger partial charge in [0.2, 0.25) is 10.0 Å². The molecule has 0 radical (unpaired) electrons. The highest BCUT2D eigenvalue weighted by Gasteiger charge is 2.13. The highest BCUT2D eigenvalue weighted by molar-refractivity contribution is 8.00. The first kappa shape index (κ1) is 20.5. The topological polar surface area (TPSA) is 89.0 Å². The van der Waals surface area contributed by atoms with Crippen molar-refractivity contribution in [2.75, 3.05) is 16.7 Å². The van der Waals surface area contributed by atoms with Gasteiger partial charge in [0.05, 0.1) is 12.0 Å². The lowest BCUT2D eigenvalue weighted by Gasteiger charge is -2.05. The summed E-state index contributed by atoms with van der Waals surface area (Å²) >= 11 is 2.97. The molecular weight excluding hydrogens is 438 g/mol. The fourth-order valence-electron chi connectivity index (χ4n) is 2.85. The van der Waals surface area contributed by atoms with Crippen molar-refractivity contribution in [3.05, 3.63) is 72.6 Å². The lowest BCUT2D eigenvalue weighted by Crippen LogP contribution is -2.10. The summed E-state index contributed by atoms with van der Waals surface area (Å²) in [4.78, 5) is 23.3. The Kier molecular flexibility index (Phi) is 5.85. The molecule has 0 fully saturated rings. The van der Waals surface area contributed by atoms with Crippen LogP contribution in [0.3, 0.4) is 0 Å². The molecule has 0 aliphatic carbocycles. The molecule has 1 N–H and O–H groups in total. The molecule has 152 valence electrons. The number of thioether (sulfide) groups is 1. The zero-order valence-corrected chi connectivity index (χ0v) is 18.4. The fraction of sp³-hybridized carbons (Fsp3) is 0.0952. The summed E-state index contributed by atoms with van der Waals surface area (Å²) in [6, 6.07) is 18.5. The Morgan fingerprint density at radius 1 is 1.07 bits per heavy atom. The van der Waals surface area contributed by atoms with Gasteiger partial charge in [-0.15, -0.1) is 11.3 Å². The van der Waals surface area contributed by atoms with Crippen LogP contribution in [0.15, 0.2) is 72.0 Å². The van der Waals surface area contributed by atoms with Gasteiger partial charge >= 0.3 is 0 Å². The first-order valence-electron chi connectivity index (χ1n) is 8.93. The van der Waals surface area contributed by atoms with E-state index >= 15 is 0 Å². The van der Waals surface area contributed by atoms with Gasteiger partial charge in [-0.3, -0.25) is 9.52 Å². The predicted molar refractivity (Wildman–Crippen MR) is 123 cm³/mol. The zero-order valence-electron chi connectivity index (χ0n) is 15.9. The standard InChI is InChI=1S/C21H17N3O3S3/c1-30(26,27)24-16-9-7-14(8-10-16)18(25)12-28-20-17-11-19(15-5-3-2-4-6-15)29-21(17)23-13-22-20/h2-11,13,24H,12H2,1H3. The Hall–Kier alpha value is -2.75. The van der Waals surface area contributed by atoms with E-state index in [1.54, 1.807) is 35.6 Å². The minimum absolute atomic E-state index is 0.0591. The second-order valence-electron chi connectivity index (χ2n) is 6.54. The number of rotatable bonds is 7. The number of thiophene rings is 1. The minimum Gasteiger partial charge on any atom is -0.293 e. The number of nitrogens with one attached hydrogen (secondary N) is 1. The third-order valence-corrected chi connectivity index (χ3v) is 6.91. The van der Waals surface area contributed by atoms with Crippen molar-refractivity contribution in [1.29, 1.82) is 0 Å². The van der Waals surface area contributed by atoms with Crippen LogP contribution in [0.2, 0.25) is 0 Å². The van der Waals surface area contributed by atoms with Gasteiger partial charge in [0.15, 0.2) is 5.78 Å². The molecule has 0 saturated carbocycles.